The van der Waals surface area contributed by atoms with E-state index in [0.717, 1.165) is 4.88 Å². The van der Waals surface area contributed by atoms with Crippen LogP contribution in [0.15, 0.2) is 40.9 Å². The standard InChI is InChI=1S/C12H13ClN2O2S2/c1-15(7-5-10-3-2-8-18-10)19(16,17)12-9-14-6-4-11(12)13/h2-4,6,8-9H,5,7H2,1H3. The third kappa shape index (κ3) is 3.33. The summed E-state index contributed by atoms with van der Waals surface area (Å²) in [6, 6.07) is 5.41. The fourth-order valence-corrected chi connectivity index (χ4v) is 3.84. The molecule has 2 heterocycles. The fourth-order valence-electron chi connectivity index (χ4n) is 1.56. The van der Waals surface area contributed by atoms with Gasteiger partial charge in [0.15, 0.2) is 0 Å². The van der Waals surface area contributed by atoms with Crippen LogP contribution in [0.5, 0.6) is 0 Å². The lowest BCUT2D eigenvalue weighted by Gasteiger charge is -2.17. The Labute approximate surface area is 121 Å². The number of hydrogen-bond donors (Lipinski definition) is 0. The van der Waals surface area contributed by atoms with E-state index in [1.165, 1.54) is 22.8 Å². The van der Waals surface area contributed by atoms with Gasteiger partial charge >= 0.3 is 0 Å². The van der Waals surface area contributed by atoms with Crippen molar-refractivity contribution in [1.29, 1.82) is 0 Å². The molecule has 2 aromatic rings. The summed E-state index contributed by atoms with van der Waals surface area (Å²) >= 11 is 7.52. The van der Waals surface area contributed by atoms with Crippen LogP contribution in [-0.2, 0) is 16.4 Å². The number of halogens is 1. The highest BCUT2D eigenvalue weighted by atomic mass is 35.5. The van der Waals surface area contributed by atoms with E-state index in [0.29, 0.717) is 13.0 Å². The maximum Gasteiger partial charge on any atom is 0.245 e. The number of sulfonamides is 1. The molecule has 0 spiro atoms. The average Bonchev–Trinajstić information content (AvgIpc) is 2.89. The largest absolute Gasteiger partial charge is 0.263 e. The maximum absolute atomic E-state index is 12.3. The van der Waals surface area contributed by atoms with E-state index in [1.54, 1.807) is 18.4 Å². The Hall–Kier alpha value is -0.950. The van der Waals surface area contributed by atoms with Crippen molar-refractivity contribution >= 4 is 33.0 Å². The first-order valence-electron chi connectivity index (χ1n) is 5.60. The molecule has 19 heavy (non-hydrogen) atoms. The zero-order valence-electron chi connectivity index (χ0n) is 10.3. The van der Waals surface area contributed by atoms with Crippen LogP contribution in [0.25, 0.3) is 0 Å². The van der Waals surface area contributed by atoms with E-state index >= 15 is 0 Å². The first-order valence-corrected chi connectivity index (χ1v) is 8.30. The Bertz CT molecular complexity index is 642. The minimum Gasteiger partial charge on any atom is -0.263 e. The Balaban J connectivity index is 2.13. The maximum atomic E-state index is 12.3. The summed E-state index contributed by atoms with van der Waals surface area (Å²) < 4.78 is 25.9. The molecule has 0 aliphatic rings. The minimum absolute atomic E-state index is 0.0466. The van der Waals surface area contributed by atoms with Crippen molar-refractivity contribution in [2.45, 2.75) is 11.3 Å². The highest BCUT2D eigenvalue weighted by Crippen LogP contribution is 2.22. The first-order chi connectivity index (χ1) is 9.01. The summed E-state index contributed by atoms with van der Waals surface area (Å²) in [5.74, 6) is 0. The van der Waals surface area contributed by atoms with Crippen molar-refractivity contribution in [3.05, 3.63) is 45.9 Å². The zero-order chi connectivity index (χ0) is 13.9. The second kappa shape index (κ2) is 6.00. The molecule has 2 rings (SSSR count). The molecule has 0 unspecified atom stereocenters. The van der Waals surface area contributed by atoms with Gasteiger partial charge in [-0.15, -0.1) is 11.3 Å². The van der Waals surface area contributed by atoms with Crippen LogP contribution in [0.2, 0.25) is 5.02 Å². The lowest BCUT2D eigenvalue weighted by atomic mass is 10.3. The van der Waals surface area contributed by atoms with Gasteiger partial charge in [-0.2, -0.15) is 0 Å². The molecule has 4 nitrogen and oxygen atoms in total. The van der Waals surface area contributed by atoms with Crippen molar-refractivity contribution in [3.8, 4) is 0 Å². The average molecular weight is 317 g/mol. The predicted molar refractivity (Wildman–Crippen MR) is 77.1 cm³/mol. The summed E-state index contributed by atoms with van der Waals surface area (Å²) in [7, 11) is -2.03. The number of aromatic nitrogens is 1. The second-order valence-electron chi connectivity index (χ2n) is 3.96. The molecule has 2 aromatic heterocycles. The number of likely N-dealkylation sites (N-methyl/N-ethyl adjacent to an activating group) is 1. The summed E-state index contributed by atoms with van der Waals surface area (Å²) in [6.07, 6.45) is 3.43. The monoisotopic (exact) mass is 316 g/mol. The molecule has 0 saturated carbocycles. The van der Waals surface area contributed by atoms with Crippen LogP contribution >= 0.6 is 22.9 Å². The molecule has 0 fully saturated rings. The molecule has 0 aliphatic heterocycles. The van der Waals surface area contributed by atoms with Gasteiger partial charge < -0.3 is 0 Å². The first kappa shape index (κ1) is 14.5. The van der Waals surface area contributed by atoms with Crippen LogP contribution in [0.3, 0.4) is 0 Å². The molecule has 0 radical (unpaired) electrons. The van der Waals surface area contributed by atoms with E-state index < -0.39 is 10.0 Å². The summed E-state index contributed by atoms with van der Waals surface area (Å²) in [6.45, 7) is 0.411. The van der Waals surface area contributed by atoms with Crippen molar-refractivity contribution in [1.82, 2.24) is 9.29 Å². The van der Waals surface area contributed by atoms with Crippen molar-refractivity contribution in [2.24, 2.45) is 0 Å². The van der Waals surface area contributed by atoms with Gasteiger partial charge in [0.2, 0.25) is 10.0 Å². The minimum atomic E-state index is -3.58. The summed E-state index contributed by atoms with van der Waals surface area (Å²) in [5.41, 5.74) is 0. The second-order valence-corrected chi connectivity index (χ2v) is 7.41. The number of thiophene rings is 1. The molecule has 0 aliphatic carbocycles. The Morgan fingerprint density at radius 3 is 2.84 bits per heavy atom. The molecule has 0 atom stereocenters. The number of pyridine rings is 1. The highest BCUT2D eigenvalue weighted by molar-refractivity contribution is 7.89. The van der Waals surface area contributed by atoms with Gasteiger partial charge in [-0.3, -0.25) is 4.98 Å². The third-order valence-electron chi connectivity index (χ3n) is 2.68. The molecule has 0 aromatic carbocycles. The normalized spacial score (nSPS) is 11.9. The molecular formula is C12H13ClN2O2S2. The van der Waals surface area contributed by atoms with Crippen molar-refractivity contribution in [3.63, 3.8) is 0 Å². The van der Waals surface area contributed by atoms with Gasteiger partial charge in [-0.05, 0) is 23.9 Å². The fraction of sp³-hybridized carbons (Fsp3) is 0.250. The zero-order valence-corrected chi connectivity index (χ0v) is 12.7. The lowest BCUT2D eigenvalue weighted by Crippen LogP contribution is -2.29. The highest BCUT2D eigenvalue weighted by Gasteiger charge is 2.23. The smallest absolute Gasteiger partial charge is 0.245 e. The van der Waals surface area contributed by atoms with Crippen LogP contribution in [0, 0.1) is 0 Å². The third-order valence-corrected chi connectivity index (χ3v) is 5.94. The van der Waals surface area contributed by atoms with E-state index in [-0.39, 0.29) is 9.92 Å². The van der Waals surface area contributed by atoms with Gasteiger partial charge in [0, 0.05) is 30.9 Å². The van der Waals surface area contributed by atoms with Crippen LogP contribution in [0.1, 0.15) is 4.88 Å². The van der Waals surface area contributed by atoms with Gasteiger partial charge in [0.25, 0.3) is 0 Å². The van der Waals surface area contributed by atoms with Crippen LogP contribution < -0.4 is 0 Å². The quantitative estimate of drug-likeness (QED) is 0.852. The molecule has 7 heteroatoms. The van der Waals surface area contributed by atoms with Crippen molar-refractivity contribution < 1.29 is 8.42 Å². The van der Waals surface area contributed by atoms with Crippen LogP contribution in [-0.4, -0.2) is 31.3 Å². The van der Waals surface area contributed by atoms with Crippen molar-refractivity contribution in [2.75, 3.05) is 13.6 Å². The number of nitrogens with zero attached hydrogens (tertiary/aromatic N) is 2. The predicted octanol–water partition coefficient (Wildman–Crippen LogP) is 2.66. The molecule has 0 bridgehead atoms. The van der Waals surface area contributed by atoms with E-state index in [2.05, 4.69) is 4.98 Å². The van der Waals surface area contributed by atoms with Gasteiger partial charge in [0.05, 0.1) is 5.02 Å². The Morgan fingerprint density at radius 2 is 2.21 bits per heavy atom. The van der Waals surface area contributed by atoms with E-state index in [9.17, 15) is 8.42 Å². The summed E-state index contributed by atoms with van der Waals surface area (Å²) in [4.78, 5) is 5.01. The van der Waals surface area contributed by atoms with Gasteiger partial charge in [-0.1, -0.05) is 17.7 Å². The molecule has 0 saturated heterocycles. The lowest BCUT2D eigenvalue weighted by molar-refractivity contribution is 0.473. The molecule has 0 amide bonds. The van der Waals surface area contributed by atoms with E-state index in [1.807, 2.05) is 17.5 Å². The van der Waals surface area contributed by atoms with Gasteiger partial charge in [-0.25, -0.2) is 12.7 Å². The Kier molecular flexibility index (Phi) is 4.57. The van der Waals surface area contributed by atoms with E-state index in [4.69, 9.17) is 11.6 Å². The topological polar surface area (TPSA) is 50.3 Å². The van der Waals surface area contributed by atoms with Crippen LogP contribution in [0.4, 0.5) is 0 Å². The molecule has 102 valence electrons. The molecule has 0 N–H and O–H groups in total. The number of hydrogen-bond acceptors (Lipinski definition) is 4. The number of rotatable bonds is 5. The Morgan fingerprint density at radius 1 is 1.42 bits per heavy atom. The molecular weight excluding hydrogens is 304 g/mol. The SMILES string of the molecule is CN(CCc1cccs1)S(=O)(=O)c1cnccc1Cl. The van der Waals surface area contributed by atoms with Gasteiger partial charge in [0.1, 0.15) is 4.90 Å². The summed E-state index contributed by atoms with van der Waals surface area (Å²) in [5, 5.41) is 2.17.